The Labute approximate surface area is 203 Å². The van der Waals surface area contributed by atoms with Gasteiger partial charge < -0.3 is 25.4 Å². The molecule has 7 heteroatoms. The minimum atomic E-state index is -0.0360. The molecule has 170 valence electrons. The Balaban J connectivity index is 0.00000341. The van der Waals surface area contributed by atoms with Crippen LogP contribution in [0.3, 0.4) is 0 Å². The molecule has 1 saturated heterocycles. The zero-order valence-electron chi connectivity index (χ0n) is 18.5. The van der Waals surface area contributed by atoms with Crippen molar-refractivity contribution in [2.45, 2.75) is 31.3 Å². The van der Waals surface area contributed by atoms with Crippen LogP contribution >= 0.6 is 24.0 Å². The summed E-state index contributed by atoms with van der Waals surface area (Å²) < 4.78 is 11.4. The lowest BCUT2D eigenvalue weighted by molar-refractivity contribution is 0.0355. The summed E-state index contributed by atoms with van der Waals surface area (Å²) >= 11 is 0. The molecule has 0 aromatic heterocycles. The van der Waals surface area contributed by atoms with Crippen molar-refractivity contribution in [1.29, 1.82) is 0 Å². The van der Waals surface area contributed by atoms with E-state index in [0.717, 1.165) is 44.3 Å². The molecule has 1 aliphatic heterocycles. The van der Waals surface area contributed by atoms with Gasteiger partial charge in [0.1, 0.15) is 12.4 Å². The lowest BCUT2D eigenvalue weighted by atomic mass is 9.88. The average Bonchev–Trinajstić information content (AvgIpc) is 2.80. The first kappa shape index (κ1) is 25.4. The van der Waals surface area contributed by atoms with Gasteiger partial charge in [0.2, 0.25) is 0 Å². The molecule has 3 rings (SSSR count). The van der Waals surface area contributed by atoms with Gasteiger partial charge in [0.05, 0.1) is 6.54 Å². The van der Waals surface area contributed by atoms with Crippen molar-refractivity contribution >= 4 is 29.9 Å². The van der Waals surface area contributed by atoms with E-state index in [1.807, 2.05) is 30.3 Å². The predicted octanol–water partition coefficient (Wildman–Crippen LogP) is 3.75. The Morgan fingerprint density at radius 2 is 1.68 bits per heavy atom. The van der Waals surface area contributed by atoms with Gasteiger partial charge in [-0.25, -0.2) is 0 Å². The van der Waals surface area contributed by atoms with E-state index in [9.17, 15) is 0 Å². The van der Waals surface area contributed by atoms with Crippen LogP contribution in [0.2, 0.25) is 0 Å². The molecule has 1 fully saturated rings. The van der Waals surface area contributed by atoms with E-state index in [2.05, 4.69) is 58.2 Å². The summed E-state index contributed by atoms with van der Waals surface area (Å²) in [6.07, 6.45) is 1.93. The standard InChI is InChI=1S/C24H34N4O2.HI/c1-20(21-9-5-3-6-10-21)28-24(13-16-29-17-14-24)19-27-23(25-2)26-15-18-30-22-11-7-4-8-12-22;/h3-12,20,28H,13-19H2,1-2H3,(H2,25,26,27);1H. The smallest absolute Gasteiger partial charge is 0.191 e. The summed E-state index contributed by atoms with van der Waals surface area (Å²) in [4.78, 5) is 4.37. The maximum atomic E-state index is 5.74. The van der Waals surface area contributed by atoms with E-state index in [4.69, 9.17) is 9.47 Å². The second-order valence-corrected chi connectivity index (χ2v) is 7.68. The average molecular weight is 538 g/mol. The quantitative estimate of drug-likeness (QED) is 0.197. The fourth-order valence-corrected chi connectivity index (χ4v) is 3.75. The van der Waals surface area contributed by atoms with Gasteiger partial charge in [-0.1, -0.05) is 48.5 Å². The topological polar surface area (TPSA) is 66.9 Å². The summed E-state index contributed by atoms with van der Waals surface area (Å²) in [5.41, 5.74) is 1.26. The van der Waals surface area contributed by atoms with Crippen LogP contribution in [0.25, 0.3) is 0 Å². The van der Waals surface area contributed by atoms with Crippen LogP contribution in [-0.2, 0) is 4.74 Å². The normalized spacial score (nSPS) is 16.6. The molecule has 1 atom stereocenters. The summed E-state index contributed by atoms with van der Waals surface area (Å²) in [7, 11) is 1.80. The molecule has 0 radical (unpaired) electrons. The van der Waals surface area contributed by atoms with Crippen molar-refractivity contribution in [3.05, 3.63) is 66.2 Å². The molecule has 1 unspecified atom stereocenters. The number of hydrogen-bond donors (Lipinski definition) is 3. The predicted molar refractivity (Wildman–Crippen MR) is 137 cm³/mol. The van der Waals surface area contributed by atoms with Crippen LogP contribution in [0, 0.1) is 0 Å². The van der Waals surface area contributed by atoms with Gasteiger partial charge >= 0.3 is 0 Å². The van der Waals surface area contributed by atoms with Gasteiger partial charge in [-0.3, -0.25) is 4.99 Å². The molecular formula is C24H35IN4O2. The van der Waals surface area contributed by atoms with E-state index >= 15 is 0 Å². The molecule has 3 N–H and O–H groups in total. The number of guanidine groups is 1. The number of benzene rings is 2. The molecule has 0 bridgehead atoms. The van der Waals surface area contributed by atoms with Crippen LogP contribution in [0.15, 0.2) is 65.7 Å². The molecule has 2 aromatic carbocycles. The Morgan fingerprint density at radius 3 is 2.32 bits per heavy atom. The Hall–Kier alpha value is -1.84. The lowest BCUT2D eigenvalue weighted by Crippen LogP contribution is -2.58. The third-order valence-corrected chi connectivity index (χ3v) is 5.50. The van der Waals surface area contributed by atoms with Crippen molar-refractivity contribution in [2.24, 2.45) is 4.99 Å². The summed E-state index contributed by atoms with van der Waals surface area (Å²) in [5, 5.41) is 10.7. The maximum absolute atomic E-state index is 5.74. The van der Waals surface area contributed by atoms with E-state index < -0.39 is 0 Å². The van der Waals surface area contributed by atoms with Gasteiger partial charge in [-0.15, -0.1) is 24.0 Å². The lowest BCUT2D eigenvalue weighted by Gasteiger charge is -2.41. The molecule has 1 aliphatic rings. The van der Waals surface area contributed by atoms with E-state index in [1.54, 1.807) is 7.05 Å². The number of halogens is 1. The number of para-hydroxylation sites is 1. The van der Waals surface area contributed by atoms with Gasteiger partial charge in [0, 0.05) is 38.4 Å². The molecule has 0 saturated carbocycles. The number of nitrogens with zero attached hydrogens (tertiary/aromatic N) is 1. The largest absolute Gasteiger partial charge is 0.492 e. The molecule has 2 aromatic rings. The van der Waals surface area contributed by atoms with Crippen molar-refractivity contribution in [3.63, 3.8) is 0 Å². The third-order valence-electron chi connectivity index (χ3n) is 5.50. The molecule has 0 amide bonds. The van der Waals surface area contributed by atoms with Crippen LogP contribution in [0.1, 0.15) is 31.4 Å². The third kappa shape index (κ3) is 8.31. The van der Waals surface area contributed by atoms with Crippen LogP contribution in [-0.4, -0.2) is 51.5 Å². The molecular weight excluding hydrogens is 503 g/mol. The number of ether oxygens (including phenoxy) is 2. The number of rotatable bonds is 9. The maximum Gasteiger partial charge on any atom is 0.191 e. The highest BCUT2D eigenvalue weighted by molar-refractivity contribution is 14.0. The number of nitrogens with one attached hydrogen (secondary N) is 3. The summed E-state index contributed by atoms with van der Waals surface area (Å²) in [5.74, 6) is 1.66. The fourth-order valence-electron chi connectivity index (χ4n) is 3.75. The van der Waals surface area contributed by atoms with Crippen molar-refractivity contribution in [3.8, 4) is 5.75 Å². The summed E-state index contributed by atoms with van der Waals surface area (Å²) in [6, 6.07) is 20.7. The van der Waals surface area contributed by atoms with Crippen molar-refractivity contribution in [1.82, 2.24) is 16.0 Å². The first-order valence-corrected chi connectivity index (χ1v) is 10.7. The second kappa shape index (κ2) is 13.5. The van der Waals surface area contributed by atoms with Crippen LogP contribution in [0.5, 0.6) is 5.75 Å². The fraction of sp³-hybridized carbons (Fsp3) is 0.458. The molecule has 1 heterocycles. The van der Waals surface area contributed by atoms with E-state index in [0.29, 0.717) is 13.2 Å². The first-order valence-electron chi connectivity index (χ1n) is 10.7. The zero-order chi connectivity index (χ0) is 21.1. The number of aliphatic imine (C=N–C) groups is 1. The highest BCUT2D eigenvalue weighted by atomic mass is 127. The highest BCUT2D eigenvalue weighted by Gasteiger charge is 2.34. The van der Waals surface area contributed by atoms with Gasteiger partial charge in [-0.05, 0) is 37.5 Å². The Morgan fingerprint density at radius 1 is 1.03 bits per heavy atom. The molecule has 0 aliphatic carbocycles. The molecule has 0 spiro atoms. The summed E-state index contributed by atoms with van der Waals surface area (Å²) in [6.45, 7) is 5.80. The van der Waals surface area contributed by atoms with E-state index in [1.165, 1.54) is 5.56 Å². The Kier molecular flexibility index (Phi) is 11.1. The molecule has 6 nitrogen and oxygen atoms in total. The number of hydrogen-bond acceptors (Lipinski definition) is 4. The van der Waals surface area contributed by atoms with Crippen molar-refractivity contribution in [2.75, 3.05) is 40.0 Å². The monoisotopic (exact) mass is 538 g/mol. The minimum Gasteiger partial charge on any atom is -0.492 e. The Bertz CT molecular complexity index is 768. The minimum absolute atomic E-state index is 0. The zero-order valence-corrected chi connectivity index (χ0v) is 20.8. The van der Waals surface area contributed by atoms with Gasteiger partial charge in [0.15, 0.2) is 5.96 Å². The van der Waals surface area contributed by atoms with Crippen LogP contribution < -0.4 is 20.7 Å². The molecule has 31 heavy (non-hydrogen) atoms. The van der Waals surface area contributed by atoms with E-state index in [-0.39, 0.29) is 35.6 Å². The second-order valence-electron chi connectivity index (χ2n) is 7.68. The highest BCUT2D eigenvalue weighted by Crippen LogP contribution is 2.25. The SMILES string of the molecule is CN=C(NCCOc1ccccc1)NCC1(NC(C)c2ccccc2)CCOCC1.I. The van der Waals surface area contributed by atoms with Gasteiger partial charge in [-0.2, -0.15) is 0 Å². The van der Waals surface area contributed by atoms with Gasteiger partial charge in [0.25, 0.3) is 0 Å². The van der Waals surface area contributed by atoms with Crippen molar-refractivity contribution < 1.29 is 9.47 Å². The first-order chi connectivity index (χ1) is 14.7. The van der Waals surface area contributed by atoms with Crippen LogP contribution in [0.4, 0.5) is 0 Å².